The molecule has 34 heavy (non-hydrogen) atoms. The van der Waals surface area contributed by atoms with Gasteiger partial charge in [0, 0.05) is 25.6 Å². The molecule has 1 saturated heterocycles. The molecule has 1 N–H and O–H groups in total. The normalized spacial score (nSPS) is 17.6. The third-order valence-corrected chi connectivity index (χ3v) is 7.01. The van der Waals surface area contributed by atoms with Crippen LogP contribution < -0.4 is 10.1 Å². The Bertz CT molecular complexity index is 1030. The lowest BCUT2D eigenvalue weighted by Crippen LogP contribution is -2.44. The molecule has 2 fully saturated rings. The van der Waals surface area contributed by atoms with E-state index < -0.39 is 5.54 Å². The molecule has 7 nitrogen and oxygen atoms in total. The maximum absolute atomic E-state index is 13.4. The Hall–Kier alpha value is -3.35. The van der Waals surface area contributed by atoms with Gasteiger partial charge in [-0.05, 0) is 43.4 Å². The summed E-state index contributed by atoms with van der Waals surface area (Å²) in [6, 6.07) is 17.2. The highest BCUT2D eigenvalue weighted by molar-refractivity contribution is 6.07. The van der Waals surface area contributed by atoms with E-state index >= 15 is 0 Å². The van der Waals surface area contributed by atoms with Crippen molar-refractivity contribution in [1.82, 2.24) is 15.1 Å². The van der Waals surface area contributed by atoms with Crippen LogP contribution in [-0.4, -0.2) is 52.9 Å². The molecule has 0 bridgehead atoms. The van der Waals surface area contributed by atoms with Crippen molar-refractivity contribution in [1.29, 1.82) is 0 Å². The number of carbonyl (C=O) groups is 3. The monoisotopic (exact) mass is 463 g/mol. The van der Waals surface area contributed by atoms with Gasteiger partial charge in [-0.2, -0.15) is 0 Å². The van der Waals surface area contributed by atoms with Crippen LogP contribution in [0.1, 0.15) is 50.2 Å². The molecule has 4 rings (SSSR count). The first kappa shape index (κ1) is 23.8. The number of rotatable bonds is 9. The number of ether oxygens (including phenoxy) is 1. The Balaban J connectivity index is 1.47. The summed E-state index contributed by atoms with van der Waals surface area (Å²) in [4.78, 5) is 42.0. The molecule has 1 aliphatic carbocycles. The summed E-state index contributed by atoms with van der Waals surface area (Å²) < 4.78 is 5.50. The molecule has 2 aromatic rings. The summed E-state index contributed by atoms with van der Waals surface area (Å²) in [5.41, 5.74) is 1.31. The largest absolute Gasteiger partial charge is 0.496 e. The van der Waals surface area contributed by atoms with Crippen LogP contribution in [0, 0.1) is 0 Å². The number of methoxy groups -OCH3 is 1. The minimum atomic E-state index is -0.749. The molecular weight excluding hydrogens is 430 g/mol. The molecule has 1 unspecified atom stereocenters. The predicted molar refractivity (Wildman–Crippen MR) is 129 cm³/mol. The average Bonchev–Trinajstić information content (AvgIpc) is 3.41. The van der Waals surface area contributed by atoms with Crippen molar-refractivity contribution in [2.75, 3.05) is 13.7 Å². The second-order valence-electron chi connectivity index (χ2n) is 9.30. The van der Waals surface area contributed by atoms with Crippen molar-refractivity contribution >= 4 is 17.8 Å². The minimum Gasteiger partial charge on any atom is -0.496 e. The van der Waals surface area contributed by atoms with Gasteiger partial charge >= 0.3 is 6.03 Å². The topological polar surface area (TPSA) is 79.0 Å². The van der Waals surface area contributed by atoms with Gasteiger partial charge in [0.25, 0.3) is 5.91 Å². The van der Waals surface area contributed by atoms with Crippen LogP contribution in [0.5, 0.6) is 5.75 Å². The number of nitrogens with one attached hydrogen (secondary N) is 1. The number of para-hydroxylation sites is 1. The Kier molecular flexibility index (Phi) is 7.20. The van der Waals surface area contributed by atoms with Gasteiger partial charge in [0.15, 0.2) is 0 Å². The predicted octanol–water partition coefficient (Wildman–Crippen LogP) is 3.91. The Labute approximate surface area is 201 Å². The van der Waals surface area contributed by atoms with Crippen LogP contribution in [0.15, 0.2) is 54.6 Å². The third-order valence-electron chi connectivity index (χ3n) is 7.01. The fourth-order valence-corrected chi connectivity index (χ4v) is 5.12. The van der Waals surface area contributed by atoms with E-state index in [2.05, 4.69) is 5.32 Å². The zero-order valence-electron chi connectivity index (χ0n) is 20.0. The molecule has 0 radical (unpaired) electrons. The summed E-state index contributed by atoms with van der Waals surface area (Å²) in [6.45, 7) is 2.58. The number of nitrogens with zero attached hydrogens (tertiary/aromatic N) is 2. The summed E-state index contributed by atoms with van der Waals surface area (Å²) in [5, 5.41) is 2.89. The van der Waals surface area contributed by atoms with E-state index in [1.54, 1.807) is 7.11 Å². The molecule has 2 aromatic carbocycles. The van der Waals surface area contributed by atoms with Crippen molar-refractivity contribution in [3.63, 3.8) is 0 Å². The van der Waals surface area contributed by atoms with E-state index in [0.717, 1.165) is 29.7 Å². The van der Waals surface area contributed by atoms with Gasteiger partial charge in [-0.25, -0.2) is 4.79 Å². The molecular formula is C27H33N3O4. The molecule has 180 valence electrons. The minimum absolute atomic E-state index is 0.0841. The highest BCUT2D eigenvalue weighted by Gasteiger charge is 2.52. The molecule has 1 atom stereocenters. The average molecular weight is 464 g/mol. The van der Waals surface area contributed by atoms with Crippen molar-refractivity contribution in [2.45, 2.75) is 63.6 Å². The first-order chi connectivity index (χ1) is 16.4. The van der Waals surface area contributed by atoms with E-state index in [4.69, 9.17) is 4.74 Å². The van der Waals surface area contributed by atoms with Crippen LogP contribution in [0.2, 0.25) is 0 Å². The van der Waals surface area contributed by atoms with Gasteiger partial charge in [0.05, 0.1) is 7.11 Å². The van der Waals surface area contributed by atoms with Crippen LogP contribution >= 0.6 is 0 Å². The van der Waals surface area contributed by atoms with Crippen molar-refractivity contribution in [3.8, 4) is 5.75 Å². The lowest BCUT2D eigenvalue weighted by Gasteiger charge is -2.30. The molecule has 0 aromatic heterocycles. The number of imide groups is 1. The number of urea groups is 1. The molecule has 1 spiro atoms. The number of hydrogen-bond donors (Lipinski definition) is 1. The number of benzene rings is 2. The molecule has 1 heterocycles. The van der Waals surface area contributed by atoms with Gasteiger partial charge in [-0.3, -0.25) is 14.5 Å². The number of carbonyl (C=O) groups excluding carboxylic acids is 3. The van der Waals surface area contributed by atoms with E-state index in [-0.39, 0.29) is 36.9 Å². The third kappa shape index (κ3) is 4.93. The van der Waals surface area contributed by atoms with E-state index in [9.17, 15) is 14.4 Å². The molecule has 2 aliphatic rings. The van der Waals surface area contributed by atoms with Gasteiger partial charge in [0.2, 0.25) is 5.91 Å². The Morgan fingerprint density at radius 3 is 2.47 bits per heavy atom. The fourth-order valence-electron chi connectivity index (χ4n) is 5.12. The van der Waals surface area contributed by atoms with Gasteiger partial charge in [-0.1, -0.05) is 61.4 Å². The van der Waals surface area contributed by atoms with E-state index in [1.165, 1.54) is 4.90 Å². The van der Waals surface area contributed by atoms with Gasteiger partial charge < -0.3 is 15.0 Å². The zero-order chi connectivity index (χ0) is 24.1. The second-order valence-corrected chi connectivity index (χ2v) is 9.30. The van der Waals surface area contributed by atoms with E-state index in [1.807, 2.05) is 66.4 Å². The van der Waals surface area contributed by atoms with Gasteiger partial charge in [0.1, 0.15) is 11.3 Å². The van der Waals surface area contributed by atoms with Crippen LogP contribution in [0.25, 0.3) is 0 Å². The SMILES string of the molecule is COc1ccccc1CC(C)N(Cc1ccccc1)C(=O)CCN1C(=O)NC2(CCCC2)C1=O. The summed E-state index contributed by atoms with van der Waals surface area (Å²) >= 11 is 0. The number of hydrogen-bond acceptors (Lipinski definition) is 4. The van der Waals surface area contributed by atoms with Crippen LogP contribution in [-0.2, 0) is 22.6 Å². The van der Waals surface area contributed by atoms with E-state index in [0.29, 0.717) is 25.8 Å². The first-order valence-corrected chi connectivity index (χ1v) is 12.0. The molecule has 1 aliphatic heterocycles. The zero-order valence-corrected chi connectivity index (χ0v) is 20.0. The summed E-state index contributed by atoms with van der Waals surface area (Å²) in [6.07, 6.45) is 3.96. The van der Waals surface area contributed by atoms with Gasteiger partial charge in [-0.15, -0.1) is 0 Å². The van der Waals surface area contributed by atoms with Crippen molar-refractivity contribution in [2.24, 2.45) is 0 Å². The quantitative estimate of drug-likeness (QED) is 0.572. The van der Waals surface area contributed by atoms with Crippen LogP contribution in [0.4, 0.5) is 4.79 Å². The van der Waals surface area contributed by atoms with Crippen LogP contribution in [0.3, 0.4) is 0 Å². The molecule has 7 heteroatoms. The number of amides is 4. The highest BCUT2D eigenvalue weighted by atomic mass is 16.5. The summed E-state index contributed by atoms with van der Waals surface area (Å²) in [7, 11) is 1.64. The highest BCUT2D eigenvalue weighted by Crippen LogP contribution is 2.35. The lowest BCUT2D eigenvalue weighted by molar-refractivity contribution is -0.135. The second kappa shape index (κ2) is 10.3. The summed E-state index contributed by atoms with van der Waals surface area (Å²) in [5.74, 6) is 0.529. The van der Waals surface area contributed by atoms with Crippen molar-refractivity contribution < 1.29 is 19.1 Å². The Morgan fingerprint density at radius 1 is 1.09 bits per heavy atom. The van der Waals surface area contributed by atoms with Crippen molar-refractivity contribution in [3.05, 3.63) is 65.7 Å². The lowest BCUT2D eigenvalue weighted by atomic mass is 9.98. The molecule has 1 saturated carbocycles. The maximum Gasteiger partial charge on any atom is 0.325 e. The smallest absolute Gasteiger partial charge is 0.325 e. The first-order valence-electron chi connectivity index (χ1n) is 12.0. The Morgan fingerprint density at radius 2 is 1.76 bits per heavy atom. The molecule has 4 amide bonds. The standard InChI is InChI=1S/C27H33N3O4/c1-20(18-22-12-6-7-13-23(22)34-2)30(19-21-10-4-3-5-11-21)24(31)14-17-29-25(32)27(28-26(29)33)15-8-9-16-27/h3-7,10-13,20H,8-9,14-19H2,1-2H3,(H,28,33). The maximum atomic E-state index is 13.4. The fraction of sp³-hybridized carbons (Fsp3) is 0.444.